The summed E-state index contributed by atoms with van der Waals surface area (Å²) in [5.41, 5.74) is 0. The smallest absolute Gasteiger partial charge is 0.743 e. The third-order valence-corrected chi connectivity index (χ3v) is 4.66. The molecule has 0 rings (SSSR count). The first kappa shape index (κ1) is 34.0. The Kier molecular flexibility index (Phi) is 10.5. The van der Waals surface area contributed by atoms with Crippen LogP contribution in [0.5, 0.6) is 0 Å². The topological polar surface area (TPSA) is 57.2 Å². The van der Waals surface area contributed by atoms with Gasteiger partial charge in [-0.3, -0.25) is 0 Å². The first-order chi connectivity index (χ1) is 13.2. The molecule has 0 amide bonds. The molecule has 0 spiro atoms. The first-order valence-corrected chi connectivity index (χ1v) is 8.90. The second-order valence-corrected chi connectivity index (χ2v) is 7.57. The Hall–Kier alpha value is -0.140. The zero-order valence-corrected chi connectivity index (χ0v) is 18.2. The van der Waals surface area contributed by atoms with Crippen molar-refractivity contribution in [3.05, 3.63) is 0 Å². The molecule has 32 heavy (non-hydrogen) atoms. The molecule has 20 heteroatoms. The average Bonchev–Trinajstić information content (AvgIpc) is 2.51. The molecule has 0 fully saturated rings. The molecule has 0 saturated heterocycles. The van der Waals surface area contributed by atoms with Gasteiger partial charge in [-0.05, 0) is 12.8 Å². The van der Waals surface area contributed by atoms with E-state index >= 15 is 0 Å². The van der Waals surface area contributed by atoms with Gasteiger partial charge in [0.2, 0.25) is 0 Å². The van der Waals surface area contributed by atoms with Crippen molar-refractivity contribution in [3.63, 3.8) is 0 Å². The minimum atomic E-state index is -8.22. The van der Waals surface area contributed by atoms with Crippen LogP contribution in [0.2, 0.25) is 0 Å². The van der Waals surface area contributed by atoms with Gasteiger partial charge in [0.05, 0.1) is 0 Å². The van der Waals surface area contributed by atoms with Crippen molar-refractivity contribution in [2.75, 3.05) is 0 Å². The van der Waals surface area contributed by atoms with Crippen LogP contribution in [0.1, 0.15) is 32.1 Å². The monoisotopic (exact) mass is 542 g/mol. The number of halogens is 15. The summed E-state index contributed by atoms with van der Waals surface area (Å²) in [6.07, 6.45) is -12.4. The van der Waals surface area contributed by atoms with E-state index in [0.717, 1.165) is 0 Å². The van der Waals surface area contributed by atoms with E-state index < -0.39 is 83.3 Å². The summed E-state index contributed by atoms with van der Waals surface area (Å²) in [7, 11) is -7.89. The standard InChI is InChI=1S/C12H11F15O3S.Na/c13-6(14,4-2-1-3-5-7(15,16)17)8(18,19)9(20,21)10(22,23)11(24,25)12(26,27)31(28,29)30;/h1-5H2,(H,28,29,30);/q;+1/p-1. The van der Waals surface area contributed by atoms with Gasteiger partial charge in [0.25, 0.3) is 0 Å². The molecule has 0 N–H and O–H groups in total. The number of alkyl halides is 15. The minimum Gasteiger partial charge on any atom is -0.743 e. The van der Waals surface area contributed by atoms with E-state index in [2.05, 4.69) is 0 Å². The minimum absolute atomic E-state index is 0. The number of rotatable bonds is 11. The van der Waals surface area contributed by atoms with Crippen LogP contribution in [-0.4, -0.2) is 54.0 Å². The molecule has 0 aliphatic rings. The molecule has 0 saturated carbocycles. The van der Waals surface area contributed by atoms with E-state index in [1.807, 2.05) is 0 Å². The summed E-state index contributed by atoms with van der Waals surface area (Å²) in [6, 6.07) is 0. The molecule has 0 aromatic rings. The van der Waals surface area contributed by atoms with Gasteiger partial charge in [0.1, 0.15) is 0 Å². The molecular formula is C12H10F15NaO3S. The van der Waals surface area contributed by atoms with Gasteiger partial charge in [-0.1, -0.05) is 6.42 Å². The SMILES string of the molecule is O=S(=O)([O-])C(F)(F)C(F)(F)C(F)(F)C(F)(F)C(F)(F)C(F)(F)CCCCCC(F)(F)F.[Na+]. The maximum Gasteiger partial charge on any atom is 1.00 e. The summed E-state index contributed by atoms with van der Waals surface area (Å²) in [4.78, 5) is 0. The molecule has 0 bridgehead atoms. The average molecular weight is 542 g/mol. The molecule has 0 aromatic carbocycles. The summed E-state index contributed by atoms with van der Waals surface area (Å²) in [5, 5.41) is -7.63. The van der Waals surface area contributed by atoms with E-state index in [1.54, 1.807) is 0 Å². The maximum absolute atomic E-state index is 13.4. The van der Waals surface area contributed by atoms with Crippen LogP contribution in [0.4, 0.5) is 65.9 Å². The molecule has 0 atom stereocenters. The van der Waals surface area contributed by atoms with Crippen LogP contribution in [0, 0.1) is 0 Å². The van der Waals surface area contributed by atoms with Crippen LogP contribution in [0.25, 0.3) is 0 Å². The Labute approximate surface area is 191 Å². The zero-order chi connectivity index (χ0) is 25.5. The predicted octanol–water partition coefficient (Wildman–Crippen LogP) is 2.82. The van der Waals surface area contributed by atoms with Crippen molar-refractivity contribution in [3.8, 4) is 0 Å². The molecule has 0 aliphatic carbocycles. The summed E-state index contributed by atoms with van der Waals surface area (Å²) >= 11 is 0. The third kappa shape index (κ3) is 6.10. The van der Waals surface area contributed by atoms with E-state index in [9.17, 15) is 78.8 Å². The number of hydrogen-bond donors (Lipinski definition) is 0. The van der Waals surface area contributed by atoms with Gasteiger partial charge < -0.3 is 4.55 Å². The molecule has 188 valence electrons. The second kappa shape index (κ2) is 9.85. The first-order valence-electron chi connectivity index (χ1n) is 7.50. The second-order valence-electron chi connectivity index (χ2n) is 6.15. The van der Waals surface area contributed by atoms with Crippen molar-refractivity contribution in [2.24, 2.45) is 0 Å². The van der Waals surface area contributed by atoms with E-state index in [-0.39, 0.29) is 29.6 Å². The molecule has 0 radical (unpaired) electrons. The van der Waals surface area contributed by atoms with Crippen molar-refractivity contribution in [1.29, 1.82) is 0 Å². The molecule has 0 heterocycles. The van der Waals surface area contributed by atoms with Gasteiger partial charge in [0.15, 0.2) is 10.1 Å². The molecular weight excluding hydrogens is 532 g/mol. The fourth-order valence-corrected chi connectivity index (χ4v) is 2.41. The van der Waals surface area contributed by atoms with Crippen LogP contribution in [-0.2, 0) is 10.1 Å². The largest absolute Gasteiger partial charge is 1.00 e. The summed E-state index contributed by atoms with van der Waals surface area (Å²) in [6.45, 7) is 0. The molecule has 3 nitrogen and oxygen atoms in total. The maximum atomic E-state index is 13.4. The van der Waals surface area contributed by atoms with Crippen molar-refractivity contribution < 1.29 is 108 Å². The fraction of sp³-hybridized carbons (Fsp3) is 1.00. The van der Waals surface area contributed by atoms with Gasteiger partial charge in [0, 0.05) is 12.8 Å². The number of hydrogen-bond acceptors (Lipinski definition) is 3. The van der Waals surface area contributed by atoms with Gasteiger partial charge in [-0.25, -0.2) is 8.42 Å². The van der Waals surface area contributed by atoms with Gasteiger partial charge >= 0.3 is 70.6 Å². The molecule has 0 aliphatic heterocycles. The van der Waals surface area contributed by atoms with Crippen molar-refractivity contribution in [1.82, 2.24) is 0 Å². The van der Waals surface area contributed by atoms with Crippen LogP contribution < -0.4 is 29.6 Å². The molecule has 0 unspecified atom stereocenters. The van der Waals surface area contributed by atoms with Crippen molar-refractivity contribution >= 4 is 10.1 Å². The van der Waals surface area contributed by atoms with Crippen LogP contribution >= 0.6 is 0 Å². The Morgan fingerprint density at radius 1 is 0.531 bits per heavy atom. The predicted molar refractivity (Wildman–Crippen MR) is 68.5 cm³/mol. The Balaban J connectivity index is 0. The van der Waals surface area contributed by atoms with Crippen LogP contribution in [0.15, 0.2) is 0 Å². The summed E-state index contributed by atoms with van der Waals surface area (Å²) in [5.74, 6) is -38.3. The quantitative estimate of drug-likeness (QED) is 0.175. The van der Waals surface area contributed by atoms with Crippen LogP contribution in [0.3, 0.4) is 0 Å². The Morgan fingerprint density at radius 3 is 1.22 bits per heavy atom. The summed E-state index contributed by atoms with van der Waals surface area (Å²) < 4.78 is 224. The normalized spacial score (nSPS) is 15.5. The van der Waals surface area contributed by atoms with Crippen molar-refractivity contribution in [2.45, 2.75) is 73.1 Å². The Morgan fingerprint density at radius 2 is 0.875 bits per heavy atom. The molecule has 0 aromatic heterocycles. The van der Waals surface area contributed by atoms with E-state index in [4.69, 9.17) is 0 Å². The van der Waals surface area contributed by atoms with E-state index in [1.165, 1.54) is 0 Å². The zero-order valence-electron chi connectivity index (χ0n) is 15.3. The third-order valence-electron chi connectivity index (χ3n) is 3.77. The Bertz CT molecular complexity index is 732. The van der Waals surface area contributed by atoms with Gasteiger partial charge in [-0.2, -0.15) is 65.9 Å². The number of unbranched alkanes of at least 4 members (excludes halogenated alkanes) is 2. The van der Waals surface area contributed by atoms with Gasteiger partial charge in [-0.15, -0.1) is 0 Å². The fourth-order valence-electron chi connectivity index (χ4n) is 1.97. The van der Waals surface area contributed by atoms with E-state index in [0.29, 0.717) is 0 Å².